The lowest BCUT2D eigenvalue weighted by Crippen LogP contribution is -2.12. The minimum absolute atomic E-state index is 0.110. The van der Waals surface area contributed by atoms with Gasteiger partial charge in [0, 0.05) is 29.8 Å². The summed E-state index contributed by atoms with van der Waals surface area (Å²) in [6, 6.07) is 7.47. The molecule has 1 amide bonds. The summed E-state index contributed by atoms with van der Waals surface area (Å²) in [5.41, 5.74) is 2.62. The lowest BCUT2D eigenvalue weighted by atomic mass is 10.1. The number of amides is 1. The van der Waals surface area contributed by atoms with Gasteiger partial charge in [0.25, 0.3) is 0 Å². The van der Waals surface area contributed by atoms with Gasteiger partial charge in [-0.25, -0.2) is 4.98 Å². The van der Waals surface area contributed by atoms with Crippen LogP contribution in [0.3, 0.4) is 0 Å². The number of carbonyl (C=O) groups is 1. The molecule has 3 aromatic rings. The summed E-state index contributed by atoms with van der Waals surface area (Å²) < 4.78 is 16.0. The molecule has 0 saturated carbocycles. The Kier molecular flexibility index (Phi) is 6.44. The number of rotatable bonds is 8. The van der Waals surface area contributed by atoms with E-state index in [0.717, 1.165) is 16.8 Å². The molecule has 8 heteroatoms. The van der Waals surface area contributed by atoms with E-state index in [-0.39, 0.29) is 5.91 Å². The van der Waals surface area contributed by atoms with Crippen molar-refractivity contribution in [2.24, 2.45) is 0 Å². The van der Waals surface area contributed by atoms with E-state index >= 15 is 0 Å². The number of thiazole rings is 1. The van der Waals surface area contributed by atoms with Crippen molar-refractivity contribution in [2.45, 2.75) is 12.8 Å². The van der Waals surface area contributed by atoms with E-state index in [1.54, 1.807) is 33.7 Å². The van der Waals surface area contributed by atoms with Crippen molar-refractivity contribution in [3.63, 3.8) is 0 Å². The third kappa shape index (κ3) is 4.58. The molecule has 1 N–H and O–H groups in total. The fourth-order valence-electron chi connectivity index (χ4n) is 2.70. The van der Waals surface area contributed by atoms with Gasteiger partial charge in [-0.05, 0) is 36.2 Å². The summed E-state index contributed by atoms with van der Waals surface area (Å²) in [6.45, 7) is 0. The van der Waals surface area contributed by atoms with E-state index in [1.807, 2.05) is 29.6 Å². The molecule has 0 aliphatic carbocycles. The lowest BCUT2D eigenvalue weighted by Gasteiger charge is -2.14. The van der Waals surface area contributed by atoms with Crippen LogP contribution in [0.5, 0.6) is 17.2 Å². The van der Waals surface area contributed by atoms with Crippen LogP contribution in [0.2, 0.25) is 0 Å². The topological polar surface area (TPSA) is 82.6 Å². The average molecular weight is 399 g/mol. The first-order valence-electron chi connectivity index (χ1n) is 8.59. The van der Waals surface area contributed by atoms with E-state index < -0.39 is 0 Å². The molecule has 0 aliphatic heterocycles. The Hall–Kier alpha value is -3.13. The smallest absolute Gasteiger partial charge is 0.226 e. The molecule has 146 valence electrons. The van der Waals surface area contributed by atoms with Gasteiger partial charge in [0.2, 0.25) is 11.7 Å². The molecular formula is C20H21N3O4S. The Morgan fingerprint density at radius 2 is 1.89 bits per heavy atom. The van der Waals surface area contributed by atoms with Gasteiger partial charge in [0.1, 0.15) is 0 Å². The van der Waals surface area contributed by atoms with Crippen molar-refractivity contribution in [1.29, 1.82) is 0 Å². The molecule has 0 bridgehead atoms. The monoisotopic (exact) mass is 399 g/mol. The average Bonchev–Trinajstić information content (AvgIpc) is 3.20. The summed E-state index contributed by atoms with van der Waals surface area (Å²) >= 11 is 1.38. The maximum atomic E-state index is 12.3. The zero-order valence-electron chi connectivity index (χ0n) is 15.9. The summed E-state index contributed by atoms with van der Waals surface area (Å²) in [4.78, 5) is 20.8. The molecule has 0 saturated heterocycles. The van der Waals surface area contributed by atoms with Crippen LogP contribution in [-0.4, -0.2) is 37.2 Å². The van der Waals surface area contributed by atoms with Gasteiger partial charge in [-0.2, -0.15) is 0 Å². The molecule has 0 aliphatic rings. The van der Waals surface area contributed by atoms with E-state index in [0.29, 0.717) is 35.2 Å². The van der Waals surface area contributed by atoms with Gasteiger partial charge < -0.3 is 19.5 Å². The number of aryl methyl sites for hydroxylation is 1. The third-order valence-corrected chi connectivity index (χ3v) is 4.83. The van der Waals surface area contributed by atoms with Crippen LogP contribution in [-0.2, 0) is 11.2 Å². The first-order valence-corrected chi connectivity index (χ1v) is 9.47. The molecule has 2 heterocycles. The highest BCUT2D eigenvalue weighted by molar-refractivity contribution is 7.14. The predicted molar refractivity (Wildman–Crippen MR) is 108 cm³/mol. The number of anilines is 1. The fourth-order valence-corrected chi connectivity index (χ4v) is 3.43. The molecule has 28 heavy (non-hydrogen) atoms. The molecule has 0 spiro atoms. The van der Waals surface area contributed by atoms with Gasteiger partial charge in [0.15, 0.2) is 16.6 Å². The highest BCUT2D eigenvalue weighted by Gasteiger charge is 2.14. The maximum absolute atomic E-state index is 12.3. The Bertz CT molecular complexity index is 919. The number of pyridine rings is 1. The molecule has 7 nitrogen and oxygen atoms in total. The largest absolute Gasteiger partial charge is 0.493 e. The normalized spacial score (nSPS) is 10.4. The summed E-state index contributed by atoms with van der Waals surface area (Å²) in [7, 11) is 4.69. The van der Waals surface area contributed by atoms with Crippen LogP contribution in [0.25, 0.3) is 11.3 Å². The van der Waals surface area contributed by atoms with Gasteiger partial charge in [0.05, 0.1) is 27.0 Å². The fraction of sp³-hybridized carbons (Fsp3) is 0.250. The van der Waals surface area contributed by atoms with Crippen molar-refractivity contribution in [2.75, 3.05) is 26.6 Å². The van der Waals surface area contributed by atoms with Crippen LogP contribution in [0.15, 0.2) is 42.0 Å². The number of carbonyl (C=O) groups excluding carboxylic acids is 1. The van der Waals surface area contributed by atoms with Crippen molar-refractivity contribution in [3.05, 3.63) is 47.6 Å². The Morgan fingerprint density at radius 3 is 2.50 bits per heavy atom. The van der Waals surface area contributed by atoms with E-state index in [9.17, 15) is 4.79 Å². The highest BCUT2D eigenvalue weighted by atomic mass is 32.1. The standard InChI is InChI=1S/C20H21N3O4S/c1-25-16-9-13(10-17(26-2)19(16)27-3)6-7-18(24)23-20-22-15(12-28-20)14-5-4-8-21-11-14/h4-5,8-12H,6-7H2,1-3H3,(H,22,23,24). The van der Waals surface area contributed by atoms with E-state index in [2.05, 4.69) is 15.3 Å². The van der Waals surface area contributed by atoms with Crippen LogP contribution >= 0.6 is 11.3 Å². The van der Waals surface area contributed by atoms with Gasteiger partial charge in [-0.3, -0.25) is 9.78 Å². The number of nitrogens with zero attached hydrogens (tertiary/aromatic N) is 2. The molecule has 0 atom stereocenters. The first-order chi connectivity index (χ1) is 13.6. The Labute approximate surface area is 167 Å². The first kappa shape index (κ1) is 19.6. The van der Waals surface area contributed by atoms with Gasteiger partial charge in [-0.15, -0.1) is 11.3 Å². The lowest BCUT2D eigenvalue weighted by molar-refractivity contribution is -0.116. The number of benzene rings is 1. The van der Waals surface area contributed by atoms with Crippen molar-refractivity contribution < 1.29 is 19.0 Å². The molecule has 1 aromatic carbocycles. The third-order valence-electron chi connectivity index (χ3n) is 4.07. The van der Waals surface area contributed by atoms with Crippen LogP contribution < -0.4 is 19.5 Å². The molecule has 0 fully saturated rings. The molecule has 0 radical (unpaired) electrons. The van der Waals surface area contributed by atoms with Gasteiger partial charge in [-0.1, -0.05) is 0 Å². The number of methoxy groups -OCH3 is 3. The van der Waals surface area contributed by atoms with E-state index in [1.165, 1.54) is 11.3 Å². The predicted octanol–water partition coefficient (Wildman–Crippen LogP) is 3.80. The number of aromatic nitrogens is 2. The second kappa shape index (κ2) is 9.18. The van der Waals surface area contributed by atoms with Crippen LogP contribution in [0, 0.1) is 0 Å². The minimum Gasteiger partial charge on any atom is -0.493 e. The number of ether oxygens (including phenoxy) is 3. The molecule has 2 aromatic heterocycles. The summed E-state index contributed by atoms with van der Waals surface area (Å²) in [5.74, 6) is 1.56. The SMILES string of the molecule is COc1cc(CCC(=O)Nc2nc(-c3cccnc3)cs2)cc(OC)c1OC. The Morgan fingerprint density at radius 1 is 1.14 bits per heavy atom. The molecular weight excluding hydrogens is 378 g/mol. The van der Waals surface area contributed by atoms with Crippen molar-refractivity contribution in [3.8, 4) is 28.5 Å². The second-order valence-corrected chi connectivity index (χ2v) is 6.72. The zero-order chi connectivity index (χ0) is 19.9. The summed E-state index contributed by atoms with van der Waals surface area (Å²) in [6.07, 6.45) is 4.29. The number of hydrogen-bond donors (Lipinski definition) is 1. The van der Waals surface area contributed by atoms with E-state index in [4.69, 9.17) is 14.2 Å². The Balaban J connectivity index is 1.63. The van der Waals surface area contributed by atoms with Gasteiger partial charge >= 0.3 is 0 Å². The minimum atomic E-state index is -0.110. The summed E-state index contributed by atoms with van der Waals surface area (Å²) in [5, 5.41) is 5.30. The zero-order valence-corrected chi connectivity index (χ0v) is 16.7. The number of hydrogen-bond acceptors (Lipinski definition) is 7. The molecule has 0 unspecified atom stereocenters. The second-order valence-electron chi connectivity index (χ2n) is 5.86. The molecule has 3 rings (SSSR count). The quantitative estimate of drug-likeness (QED) is 0.620. The van der Waals surface area contributed by atoms with Crippen LogP contribution in [0.4, 0.5) is 5.13 Å². The van der Waals surface area contributed by atoms with Crippen molar-refractivity contribution in [1.82, 2.24) is 9.97 Å². The number of nitrogens with one attached hydrogen (secondary N) is 1. The van der Waals surface area contributed by atoms with Crippen molar-refractivity contribution >= 4 is 22.4 Å². The van der Waals surface area contributed by atoms with Crippen LogP contribution in [0.1, 0.15) is 12.0 Å². The highest BCUT2D eigenvalue weighted by Crippen LogP contribution is 2.38. The maximum Gasteiger partial charge on any atom is 0.226 e.